The molecule has 0 aromatic carbocycles. The zero-order valence-corrected chi connectivity index (χ0v) is 10.5. The molecule has 0 amide bonds. The van der Waals surface area contributed by atoms with Crippen molar-refractivity contribution in [1.29, 1.82) is 0 Å². The van der Waals surface area contributed by atoms with Gasteiger partial charge < -0.3 is 9.52 Å². The number of aromatic nitrogens is 2. The summed E-state index contributed by atoms with van der Waals surface area (Å²) >= 11 is 3.32. The fraction of sp³-hybridized carbons (Fsp3) is 0.364. The summed E-state index contributed by atoms with van der Waals surface area (Å²) in [5.74, 6) is 0.510. The number of rotatable bonds is 4. The molecule has 0 fully saturated rings. The van der Waals surface area contributed by atoms with E-state index in [2.05, 4.69) is 28.0 Å². The van der Waals surface area contributed by atoms with Gasteiger partial charge in [-0.2, -0.15) is 5.10 Å². The minimum atomic E-state index is -0.769. The number of aryl methyl sites for hydroxylation is 1. The summed E-state index contributed by atoms with van der Waals surface area (Å²) in [4.78, 5) is 0. The van der Waals surface area contributed by atoms with Crippen molar-refractivity contribution >= 4 is 15.9 Å². The molecule has 0 radical (unpaired) electrons. The lowest BCUT2D eigenvalue weighted by Crippen LogP contribution is -1.98. The van der Waals surface area contributed by atoms with Crippen molar-refractivity contribution in [1.82, 2.24) is 9.78 Å². The second kappa shape index (κ2) is 4.84. The predicted molar refractivity (Wildman–Crippen MR) is 63.0 cm³/mol. The van der Waals surface area contributed by atoms with E-state index >= 15 is 0 Å². The molecule has 16 heavy (non-hydrogen) atoms. The summed E-state index contributed by atoms with van der Waals surface area (Å²) in [5, 5.41) is 14.2. The second-order valence-corrected chi connectivity index (χ2v) is 4.43. The van der Waals surface area contributed by atoms with E-state index in [1.807, 2.05) is 10.9 Å². The van der Waals surface area contributed by atoms with Crippen molar-refractivity contribution in [3.05, 3.63) is 40.5 Å². The third-order valence-corrected chi connectivity index (χ3v) is 2.97. The van der Waals surface area contributed by atoms with E-state index in [1.54, 1.807) is 18.5 Å². The molecule has 2 heterocycles. The molecule has 5 heteroatoms. The predicted octanol–water partition coefficient (Wildman–Crippen LogP) is 2.73. The molecule has 86 valence electrons. The Balaban J connectivity index is 2.20. The number of hydrogen-bond donors (Lipinski definition) is 1. The molecule has 0 aliphatic rings. The van der Waals surface area contributed by atoms with Gasteiger partial charge in [-0.1, -0.05) is 6.92 Å². The van der Waals surface area contributed by atoms with Crippen molar-refractivity contribution in [2.24, 2.45) is 0 Å². The molecule has 2 rings (SSSR count). The van der Waals surface area contributed by atoms with E-state index in [1.165, 1.54) is 0 Å². The molecule has 2 aromatic rings. The SMILES string of the molecule is CCCn1cc(C(O)c2occc2Br)cn1. The van der Waals surface area contributed by atoms with Gasteiger partial charge >= 0.3 is 0 Å². The van der Waals surface area contributed by atoms with Gasteiger partial charge in [-0.05, 0) is 28.4 Å². The van der Waals surface area contributed by atoms with E-state index in [4.69, 9.17) is 4.42 Å². The highest BCUT2D eigenvalue weighted by Gasteiger charge is 2.18. The lowest BCUT2D eigenvalue weighted by Gasteiger charge is -2.05. The zero-order chi connectivity index (χ0) is 11.5. The molecule has 0 aliphatic heterocycles. The smallest absolute Gasteiger partial charge is 0.151 e. The number of furan rings is 1. The first kappa shape index (κ1) is 11.4. The molecule has 4 nitrogen and oxygen atoms in total. The monoisotopic (exact) mass is 284 g/mol. The van der Waals surface area contributed by atoms with Gasteiger partial charge in [0.25, 0.3) is 0 Å². The number of nitrogens with zero attached hydrogens (tertiary/aromatic N) is 2. The Hall–Kier alpha value is -1.07. The summed E-state index contributed by atoms with van der Waals surface area (Å²) in [6.07, 6.45) is 5.29. The Morgan fingerprint density at radius 2 is 2.44 bits per heavy atom. The van der Waals surface area contributed by atoms with Crippen LogP contribution in [0.1, 0.15) is 30.8 Å². The quantitative estimate of drug-likeness (QED) is 0.939. The molecular formula is C11H13BrN2O2. The Bertz CT molecular complexity index is 464. The van der Waals surface area contributed by atoms with E-state index in [0.29, 0.717) is 5.76 Å². The van der Waals surface area contributed by atoms with Crippen LogP contribution in [0.25, 0.3) is 0 Å². The van der Waals surface area contributed by atoms with Crippen LogP contribution in [0.2, 0.25) is 0 Å². The molecule has 0 spiro atoms. The number of aliphatic hydroxyl groups excluding tert-OH is 1. The third-order valence-electron chi connectivity index (χ3n) is 2.31. The number of halogens is 1. The fourth-order valence-corrected chi connectivity index (χ4v) is 1.94. The maximum atomic E-state index is 10.1. The van der Waals surface area contributed by atoms with E-state index in [9.17, 15) is 5.11 Å². The van der Waals surface area contributed by atoms with Crippen LogP contribution < -0.4 is 0 Å². The first-order valence-electron chi connectivity index (χ1n) is 5.15. The summed E-state index contributed by atoms with van der Waals surface area (Å²) in [6, 6.07) is 1.76. The first-order valence-corrected chi connectivity index (χ1v) is 5.95. The van der Waals surface area contributed by atoms with Gasteiger partial charge in [0, 0.05) is 18.3 Å². The van der Waals surface area contributed by atoms with E-state index in [-0.39, 0.29) is 0 Å². The van der Waals surface area contributed by atoms with Gasteiger partial charge in [0.15, 0.2) is 5.76 Å². The van der Waals surface area contributed by atoms with Crippen LogP contribution in [-0.4, -0.2) is 14.9 Å². The highest BCUT2D eigenvalue weighted by atomic mass is 79.9. The highest BCUT2D eigenvalue weighted by molar-refractivity contribution is 9.10. The molecule has 1 N–H and O–H groups in total. The minimum Gasteiger partial charge on any atom is -0.465 e. The standard InChI is InChI=1S/C11H13BrN2O2/c1-2-4-14-7-8(6-13-14)10(15)11-9(12)3-5-16-11/h3,5-7,10,15H,2,4H2,1H3. The molecule has 0 aliphatic carbocycles. The van der Waals surface area contributed by atoms with Gasteiger partial charge in [0.05, 0.1) is 16.9 Å². The fourth-order valence-electron chi connectivity index (χ4n) is 1.52. The van der Waals surface area contributed by atoms with Crippen molar-refractivity contribution in [3.8, 4) is 0 Å². The maximum Gasteiger partial charge on any atom is 0.151 e. The number of aliphatic hydroxyl groups is 1. The Labute approximate surface area is 102 Å². The van der Waals surface area contributed by atoms with Crippen molar-refractivity contribution < 1.29 is 9.52 Å². The van der Waals surface area contributed by atoms with Crippen LogP contribution in [0.4, 0.5) is 0 Å². The molecule has 2 aromatic heterocycles. The second-order valence-electron chi connectivity index (χ2n) is 3.57. The van der Waals surface area contributed by atoms with Gasteiger partial charge in [-0.3, -0.25) is 4.68 Å². The zero-order valence-electron chi connectivity index (χ0n) is 8.93. The van der Waals surface area contributed by atoms with Crippen LogP contribution in [-0.2, 0) is 6.54 Å². The molecule has 0 saturated carbocycles. The van der Waals surface area contributed by atoms with Gasteiger partial charge in [-0.25, -0.2) is 0 Å². The number of hydrogen-bond acceptors (Lipinski definition) is 3. The normalized spacial score (nSPS) is 12.9. The van der Waals surface area contributed by atoms with Crippen LogP contribution >= 0.6 is 15.9 Å². The van der Waals surface area contributed by atoms with Crippen molar-refractivity contribution in [2.75, 3.05) is 0 Å². The Morgan fingerprint density at radius 3 is 3.06 bits per heavy atom. The minimum absolute atomic E-state index is 0.510. The molecule has 0 bridgehead atoms. The average molecular weight is 285 g/mol. The molecule has 1 unspecified atom stereocenters. The van der Waals surface area contributed by atoms with Crippen LogP contribution in [0.5, 0.6) is 0 Å². The molecule has 0 saturated heterocycles. The molecule has 1 atom stereocenters. The molecular weight excluding hydrogens is 272 g/mol. The summed E-state index contributed by atoms with van der Waals surface area (Å²) in [5.41, 5.74) is 0.740. The third kappa shape index (κ3) is 2.20. The van der Waals surface area contributed by atoms with Gasteiger partial charge in [0.2, 0.25) is 0 Å². The lowest BCUT2D eigenvalue weighted by molar-refractivity contribution is 0.188. The average Bonchev–Trinajstić information content (AvgIpc) is 2.87. The summed E-state index contributed by atoms with van der Waals surface area (Å²) < 4.78 is 7.80. The van der Waals surface area contributed by atoms with E-state index < -0.39 is 6.10 Å². The van der Waals surface area contributed by atoms with Crippen molar-refractivity contribution in [2.45, 2.75) is 26.0 Å². The van der Waals surface area contributed by atoms with Gasteiger partial charge in [0.1, 0.15) is 6.10 Å². The lowest BCUT2D eigenvalue weighted by atomic mass is 10.1. The Morgan fingerprint density at radius 1 is 1.62 bits per heavy atom. The largest absolute Gasteiger partial charge is 0.465 e. The maximum absolute atomic E-state index is 10.1. The summed E-state index contributed by atoms with van der Waals surface area (Å²) in [7, 11) is 0. The van der Waals surface area contributed by atoms with E-state index in [0.717, 1.165) is 23.0 Å². The first-order chi connectivity index (χ1) is 7.72. The van der Waals surface area contributed by atoms with Crippen LogP contribution in [0, 0.1) is 0 Å². The summed E-state index contributed by atoms with van der Waals surface area (Å²) in [6.45, 7) is 2.94. The van der Waals surface area contributed by atoms with Crippen LogP contribution in [0.3, 0.4) is 0 Å². The van der Waals surface area contributed by atoms with Crippen molar-refractivity contribution in [3.63, 3.8) is 0 Å². The van der Waals surface area contributed by atoms with Crippen LogP contribution in [0.15, 0.2) is 33.6 Å². The Kier molecular flexibility index (Phi) is 3.46. The van der Waals surface area contributed by atoms with Gasteiger partial charge in [-0.15, -0.1) is 0 Å². The topological polar surface area (TPSA) is 51.2 Å². The highest BCUT2D eigenvalue weighted by Crippen LogP contribution is 2.28.